The highest BCUT2D eigenvalue weighted by atomic mass is 32.2. The second-order valence-electron chi connectivity index (χ2n) is 9.51. The summed E-state index contributed by atoms with van der Waals surface area (Å²) in [4.78, 5) is 34.2. The van der Waals surface area contributed by atoms with E-state index in [1.54, 1.807) is 15.9 Å². The molecule has 5 nitrogen and oxygen atoms in total. The zero-order valence-corrected chi connectivity index (χ0v) is 23.3. The lowest BCUT2D eigenvalue weighted by Gasteiger charge is -2.14. The first kappa shape index (κ1) is 25.6. The van der Waals surface area contributed by atoms with Crippen molar-refractivity contribution in [1.82, 2.24) is 9.55 Å². The molecular weight excluding hydrogens is 524 g/mol. The summed E-state index contributed by atoms with van der Waals surface area (Å²) in [6, 6.07) is 25.3. The molecule has 7 heteroatoms. The minimum atomic E-state index is -0.0641. The summed E-state index contributed by atoms with van der Waals surface area (Å²) >= 11 is 2.94. The van der Waals surface area contributed by atoms with Crippen molar-refractivity contribution < 1.29 is 9.53 Å². The third-order valence-electron chi connectivity index (χ3n) is 7.01. The van der Waals surface area contributed by atoms with Gasteiger partial charge >= 0.3 is 0 Å². The minimum absolute atomic E-state index is 0.00215. The molecule has 0 spiro atoms. The van der Waals surface area contributed by atoms with Gasteiger partial charge in [0.15, 0.2) is 10.9 Å². The van der Waals surface area contributed by atoms with E-state index >= 15 is 0 Å². The number of thiophene rings is 1. The number of nitrogens with zero attached hydrogens (tertiary/aromatic N) is 2. The van der Waals surface area contributed by atoms with E-state index in [-0.39, 0.29) is 17.1 Å². The number of fused-ring (bicyclic) bond motifs is 3. The zero-order chi connectivity index (χ0) is 26.8. The van der Waals surface area contributed by atoms with Crippen LogP contribution in [0, 0.1) is 0 Å². The SMILES string of the molecule is CCOc1ccc(-n2c(SCC(=O)c3ccc(-c4ccccc4)cc3)nc3sc4c(c3c2=O)CCCC4)cc1. The molecule has 3 aromatic carbocycles. The van der Waals surface area contributed by atoms with Gasteiger partial charge in [-0.3, -0.25) is 14.2 Å². The van der Waals surface area contributed by atoms with E-state index in [1.165, 1.54) is 16.6 Å². The van der Waals surface area contributed by atoms with Crippen LogP contribution in [0.1, 0.15) is 40.6 Å². The van der Waals surface area contributed by atoms with Gasteiger partial charge in [0.05, 0.1) is 23.4 Å². The fourth-order valence-corrected chi connectivity index (χ4v) is 7.27. The molecule has 0 N–H and O–H groups in total. The van der Waals surface area contributed by atoms with Crippen molar-refractivity contribution in [3.8, 4) is 22.6 Å². The highest BCUT2D eigenvalue weighted by Crippen LogP contribution is 2.35. The number of carbonyl (C=O) groups is 1. The monoisotopic (exact) mass is 552 g/mol. The molecule has 2 heterocycles. The summed E-state index contributed by atoms with van der Waals surface area (Å²) in [5.41, 5.74) is 4.63. The van der Waals surface area contributed by atoms with Gasteiger partial charge in [0.25, 0.3) is 5.56 Å². The van der Waals surface area contributed by atoms with E-state index < -0.39 is 0 Å². The maximum absolute atomic E-state index is 14.0. The molecule has 0 unspecified atom stereocenters. The number of Topliss-reactive ketones (excluding diaryl/α,β-unsaturated/α-hetero) is 1. The van der Waals surface area contributed by atoms with Crippen LogP contribution in [0.25, 0.3) is 27.0 Å². The first-order valence-corrected chi connectivity index (χ1v) is 15.0. The van der Waals surface area contributed by atoms with Crippen LogP contribution in [-0.4, -0.2) is 27.7 Å². The first-order valence-electron chi connectivity index (χ1n) is 13.2. The number of rotatable bonds is 8. The molecule has 0 fully saturated rings. The summed E-state index contributed by atoms with van der Waals surface area (Å²) in [6.07, 6.45) is 4.15. The van der Waals surface area contributed by atoms with Crippen LogP contribution in [0.4, 0.5) is 0 Å². The Balaban J connectivity index is 1.33. The van der Waals surface area contributed by atoms with Gasteiger partial charge in [0, 0.05) is 10.4 Å². The molecule has 0 amide bonds. The fourth-order valence-electron chi connectivity index (χ4n) is 5.06. The predicted molar refractivity (Wildman–Crippen MR) is 160 cm³/mol. The summed E-state index contributed by atoms with van der Waals surface area (Å²) < 4.78 is 7.27. The molecular formula is C32H28N2O3S2. The van der Waals surface area contributed by atoms with Crippen molar-refractivity contribution in [2.24, 2.45) is 0 Å². The Labute approximate surface area is 235 Å². The molecule has 1 aliphatic carbocycles. The molecule has 0 saturated heterocycles. The van der Waals surface area contributed by atoms with Crippen molar-refractivity contribution in [2.45, 2.75) is 37.8 Å². The standard InChI is InChI=1S/C32H28N2O3S2/c1-2-37-25-18-16-24(17-19-25)34-31(36)29-26-10-6-7-11-28(26)39-30(29)33-32(34)38-20-27(35)23-14-12-22(13-15-23)21-8-4-3-5-9-21/h3-5,8-9,12-19H,2,6-7,10-11,20H2,1H3. The lowest BCUT2D eigenvalue weighted by atomic mass is 9.97. The topological polar surface area (TPSA) is 61.2 Å². The third-order valence-corrected chi connectivity index (χ3v) is 9.13. The number of aryl methyl sites for hydroxylation is 2. The Morgan fingerprint density at radius 3 is 2.41 bits per heavy atom. The quantitative estimate of drug-likeness (QED) is 0.114. The smallest absolute Gasteiger partial charge is 0.267 e. The van der Waals surface area contributed by atoms with Gasteiger partial charge in [-0.05, 0) is 73.6 Å². The molecule has 5 aromatic rings. The maximum atomic E-state index is 14.0. The Morgan fingerprint density at radius 1 is 0.949 bits per heavy atom. The van der Waals surface area contributed by atoms with Crippen molar-refractivity contribution in [3.05, 3.63) is 105 Å². The van der Waals surface area contributed by atoms with Crippen LogP contribution < -0.4 is 10.3 Å². The molecule has 1 aliphatic rings. The average molecular weight is 553 g/mol. The Bertz CT molecular complexity index is 1690. The number of hydrogen-bond acceptors (Lipinski definition) is 6. The van der Waals surface area contributed by atoms with E-state index in [0.717, 1.165) is 64.0 Å². The number of benzene rings is 3. The summed E-state index contributed by atoms with van der Waals surface area (Å²) in [5, 5.41) is 1.26. The Hall–Kier alpha value is -3.68. The molecule has 0 bridgehead atoms. The lowest BCUT2D eigenvalue weighted by molar-refractivity contribution is 0.102. The molecule has 2 aromatic heterocycles. The molecule has 0 aliphatic heterocycles. The largest absolute Gasteiger partial charge is 0.494 e. The lowest BCUT2D eigenvalue weighted by Crippen LogP contribution is -2.22. The van der Waals surface area contributed by atoms with Crippen molar-refractivity contribution in [1.29, 1.82) is 0 Å². The van der Waals surface area contributed by atoms with Gasteiger partial charge in [-0.1, -0.05) is 66.4 Å². The van der Waals surface area contributed by atoms with Gasteiger partial charge < -0.3 is 4.74 Å². The van der Waals surface area contributed by atoms with Crippen molar-refractivity contribution in [3.63, 3.8) is 0 Å². The number of ether oxygens (including phenoxy) is 1. The van der Waals surface area contributed by atoms with Crippen LogP contribution in [0.3, 0.4) is 0 Å². The number of thioether (sulfide) groups is 1. The number of aromatic nitrogens is 2. The molecule has 0 atom stereocenters. The van der Waals surface area contributed by atoms with Crippen molar-refractivity contribution >= 4 is 39.1 Å². The normalized spacial score (nSPS) is 12.8. The fraction of sp³-hybridized carbons (Fsp3) is 0.219. The molecule has 0 saturated carbocycles. The second kappa shape index (κ2) is 11.2. The summed E-state index contributed by atoms with van der Waals surface area (Å²) in [6.45, 7) is 2.51. The molecule has 0 radical (unpaired) electrons. The van der Waals surface area contributed by atoms with E-state index in [4.69, 9.17) is 9.72 Å². The van der Waals surface area contributed by atoms with E-state index in [9.17, 15) is 9.59 Å². The maximum Gasteiger partial charge on any atom is 0.267 e. The highest BCUT2D eigenvalue weighted by molar-refractivity contribution is 7.99. The number of carbonyl (C=O) groups excluding carboxylic acids is 1. The van der Waals surface area contributed by atoms with E-state index in [0.29, 0.717) is 17.3 Å². The van der Waals surface area contributed by atoms with Crippen LogP contribution in [-0.2, 0) is 12.8 Å². The van der Waals surface area contributed by atoms with Gasteiger partial charge in [0.2, 0.25) is 0 Å². The second-order valence-corrected chi connectivity index (χ2v) is 11.5. The highest BCUT2D eigenvalue weighted by Gasteiger charge is 2.23. The average Bonchev–Trinajstić information content (AvgIpc) is 3.36. The van der Waals surface area contributed by atoms with Crippen LogP contribution in [0.5, 0.6) is 5.75 Å². The van der Waals surface area contributed by atoms with Crippen molar-refractivity contribution in [2.75, 3.05) is 12.4 Å². The summed E-state index contributed by atoms with van der Waals surface area (Å²) in [5.74, 6) is 0.933. The van der Waals surface area contributed by atoms with E-state index in [2.05, 4.69) is 12.1 Å². The summed E-state index contributed by atoms with van der Waals surface area (Å²) in [7, 11) is 0. The zero-order valence-electron chi connectivity index (χ0n) is 21.7. The van der Waals surface area contributed by atoms with Gasteiger partial charge in [-0.25, -0.2) is 4.98 Å². The first-order chi connectivity index (χ1) is 19.1. The van der Waals surface area contributed by atoms with Gasteiger partial charge in [0.1, 0.15) is 10.6 Å². The van der Waals surface area contributed by atoms with Crippen LogP contribution >= 0.6 is 23.1 Å². The third kappa shape index (κ3) is 5.16. The minimum Gasteiger partial charge on any atom is -0.494 e. The van der Waals surface area contributed by atoms with Crippen LogP contribution in [0.2, 0.25) is 0 Å². The van der Waals surface area contributed by atoms with Gasteiger partial charge in [-0.15, -0.1) is 11.3 Å². The molecule has 6 rings (SSSR count). The number of hydrogen-bond donors (Lipinski definition) is 0. The number of ketones is 1. The molecule has 39 heavy (non-hydrogen) atoms. The predicted octanol–water partition coefficient (Wildman–Crippen LogP) is 7.37. The Morgan fingerprint density at radius 2 is 1.67 bits per heavy atom. The van der Waals surface area contributed by atoms with Crippen LogP contribution in [0.15, 0.2) is 88.8 Å². The van der Waals surface area contributed by atoms with E-state index in [1.807, 2.05) is 73.7 Å². The Kier molecular flexibility index (Phi) is 7.35. The molecule has 196 valence electrons. The van der Waals surface area contributed by atoms with Gasteiger partial charge in [-0.2, -0.15) is 0 Å².